The van der Waals surface area contributed by atoms with Crippen molar-refractivity contribution in [2.75, 3.05) is 6.61 Å². The van der Waals surface area contributed by atoms with Crippen LogP contribution in [0.15, 0.2) is 41.3 Å². The molecule has 0 spiro atoms. The molecule has 1 aromatic heterocycles. The summed E-state index contributed by atoms with van der Waals surface area (Å²) in [6.45, 7) is 3.90. The summed E-state index contributed by atoms with van der Waals surface area (Å²) in [4.78, 5) is 23.1. The van der Waals surface area contributed by atoms with E-state index in [2.05, 4.69) is 0 Å². The fourth-order valence-corrected chi connectivity index (χ4v) is 1.83. The van der Waals surface area contributed by atoms with Gasteiger partial charge in [0.15, 0.2) is 6.61 Å². The number of benzene rings is 1. The first kappa shape index (κ1) is 15.8. The molecular weight excluding hydrogens is 282 g/mol. The molecule has 0 unspecified atom stereocenters. The van der Waals surface area contributed by atoms with Crippen molar-refractivity contribution in [2.24, 2.45) is 7.05 Å². The maximum Gasteiger partial charge on any atom is 0.344 e. The van der Waals surface area contributed by atoms with Crippen LogP contribution in [-0.4, -0.2) is 17.1 Å². The third-order valence-corrected chi connectivity index (χ3v) is 3.40. The molecule has 1 aromatic carbocycles. The minimum Gasteiger partial charge on any atom is -0.482 e. The van der Waals surface area contributed by atoms with E-state index in [4.69, 9.17) is 9.47 Å². The molecule has 0 radical (unpaired) electrons. The van der Waals surface area contributed by atoms with Crippen molar-refractivity contribution in [2.45, 2.75) is 20.5 Å². The van der Waals surface area contributed by atoms with E-state index < -0.39 is 5.97 Å². The monoisotopic (exact) mass is 301 g/mol. The van der Waals surface area contributed by atoms with Gasteiger partial charge in [-0.3, -0.25) is 4.79 Å². The minimum atomic E-state index is -0.473. The number of ether oxygens (including phenoxy) is 2. The van der Waals surface area contributed by atoms with Gasteiger partial charge in [-0.05, 0) is 48.7 Å². The SMILES string of the molecule is Cc1ccc(OCC(=O)OCc2ccn(C)c(=O)c2)cc1C. The Labute approximate surface area is 129 Å². The summed E-state index contributed by atoms with van der Waals surface area (Å²) >= 11 is 0. The van der Waals surface area contributed by atoms with Crippen molar-refractivity contribution in [1.82, 2.24) is 4.57 Å². The number of hydrogen-bond acceptors (Lipinski definition) is 4. The maximum absolute atomic E-state index is 11.7. The van der Waals surface area contributed by atoms with Gasteiger partial charge >= 0.3 is 5.97 Å². The van der Waals surface area contributed by atoms with E-state index in [9.17, 15) is 9.59 Å². The summed E-state index contributed by atoms with van der Waals surface area (Å²) in [5.41, 5.74) is 2.79. The van der Waals surface area contributed by atoms with E-state index in [1.54, 1.807) is 19.3 Å². The first-order valence-electron chi connectivity index (χ1n) is 6.97. The number of rotatable bonds is 5. The highest BCUT2D eigenvalue weighted by molar-refractivity contribution is 5.71. The second-order valence-corrected chi connectivity index (χ2v) is 5.18. The average Bonchev–Trinajstić information content (AvgIpc) is 2.49. The van der Waals surface area contributed by atoms with Crippen molar-refractivity contribution in [3.8, 4) is 5.75 Å². The van der Waals surface area contributed by atoms with Gasteiger partial charge in [0, 0.05) is 19.3 Å². The fraction of sp³-hybridized carbons (Fsp3) is 0.294. The van der Waals surface area contributed by atoms with Crippen LogP contribution in [-0.2, 0) is 23.2 Å². The Bertz CT molecular complexity index is 734. The summed E-state index contributed by atoms with van der Waals surface area (Å²) in [5.74, 6) is 0.160. The molecule has 2 rings (SSSR count). The van der Waals surface area contributed by atoms with Gasteiger partial charge in [0.2, 0.25) is 0 Å². The standard InChI is InChI=1S/C17H19NO4/c1-12-4-5-15(8-13(12)2)21-11-17(20)22-10-14-6-7-18(3)16(19)9-14/h4-9H,10-11H2,1-3H3. The van der Waals surface area contributed by atoms with Crippen LogP contribution in [0.3, 0.4) is 0 Å². The Hall–Kier alpha value is -2.56. The number of aromatic nitrogens is 1. The number of pyridine rings is 1. The van der Waals surface area contributed by atoms with Crippen LogP contribution >= 0.6 is 0 Å². The van der Waals surface area contributed by atoms with Crippen LogP contribution in [0.5, 0.6) is 5.75 Å². The van der Waals surface area contributed by atoms with Crippen LogP contribution in [0.25, 0.3) is 0 Å². The number of nitrogens with zero attached hydrogens (tertiary/aromatic N) is 1. The molecule has 0 saturated carbocycles. The number of carbonyl (C=O) groups excluding carboxylic acids is 1. The van der Waals surface area contributed by atoms with Crippen LogP contribution in [0.2, 0.25) is 0 Å². The van der Waals surface area contributed by atoms with Crippen molar-refractivity contribution in [1.29, 1.82) is 0 Å². The molecule has 0 aliphatic rings. The van der Waals surface area contributed by atoms with Crippen molar-refractivity contribution in [3.63, 3.8) is 0 Å². The summed E-state index contributed by atoms with van der Waals surface area (Å²) in [6, 6.07) is 8.81. The second-order valence-electron chi connectivity index (χ2n) is 5.18. The van der Waals surface area contributed by atoms with Gasteiger partial charge in [0.25, 0.3) is 5.56 Å². The van der Waals surface area contributed by atoms with Gasteiger partial charge < -0.3 is 14.0 Å². The van der Waals surface area contributed by atoms with Gasteiger partial charge in [0.1, 0.15) is 12.4 Å². The minimum absolute atomic E-state index is 0.0607. The summed E-state index contributed by atoms with van der Waals surface area (Å²) in [6.07, 6.45) is 1.64. The zero-order chi connectivity index (χ0) is 16.1. The van der Waals surface area contributed by atoms with Gasteiger partial charge in [0.05, 0.1) is 0 Å². The molecule has 22 heavy (non-hydrogen) atoms. The third-order valence-electron chi connectivity index (χ3n) is 3.40. The van der Waals surface area contributed by atoms with Gasteiger partial charge in [-0.15, -0.1) is 0 Å². The molecule has 5 nitrogen and oxygen atoms in total. The quantitative estimate of drug-likeness (QED) is 0.794. The smallest absolute Gasteiger partial charge is 0.344 e. The average molecular weight is 301 g/mol. The van der Waals surface area contributed by atoms with Crippen LogP contribution < -0.4 is 10.3 Å². The second kappa shape index (κ2) is 6.93. The zero-order valence-electron chi connectivity index (χ0n) is 13.0. The van der Waals surface area contributed by atoms with Crippen molar-refractivity contribution in [3.05, 3.63) is 63.6 Å². The molecule has 0 aliphatic carbocycles. The molecule has 116 valence electrons. The van der Waals surface area contributed by atoms with Crippen LogP contribution in [0.4, 0.5) is 0 Å². The van der Waals surface area contributed by atoms with E-state index >= 15 is 0 Å². The fourth-order valence-electron chi connectivity index (χ4n) is 1.83. The largest absolute Gasteiger partial charge is 0.482 e. The Morgan fingerprint density at radius 3 is 2.59 bits per heavy atom. The van der Waals surface area contributed by atoms with Crippen molar-refractivity contribution < 1.29 is 14.3 Å². The Balaban J connectivity index is 1.83. The highest BCUT2D eigenvalue weighted by Crippen LogP contribution is 2.16. The lowest BCUT2D eigenvalue weighted by Crippen LogP contribution is -2.18. The lowest BCUT2D eigenvalue weighted by Gasteiger charge is -2.09. The van der Waals surface area contributed by atoms with E-state index in [0.29, 0.717) is 11.3 Å². The van der Waals surface area contributed by atoms with Gasteiger partial charge in [-0.25, -0.2) is 4.79 Å². The van der Waals surface area contributed by atoms with Crippen LogP contribution in [0.1, 0.15) is 16.7 Å². The Kier molecular flexibility index (Phi) is 4.99. The summed E-state index contributed by atoms with van der Waals surface area (Å²) in [7, 11) is 1.66. The molecule has 0 amide bonds. The number of hydrogen-bond donors (Lipinski definition) is 0. The van der Waals surface area contributed by atoms with E-state index in [-0.39, 0.29) is 18.8 Å². The zero-order valence-corrected chi connectivity index (χ0v) is 13.0. The summed E-state index contributed by atoms with van der Waals surface area (Å²) in [5, 5.41) is 0. The highest BCUT2D eigenvalue weighted by Gasteiger charge is 2.06. The van der Waals surface area contributed by atoms with Crippen LogP contribution in [0, 0.1) is 13.8 Å². The Morgan fingerprint density at radius 1 is 1.14 bits per heavy atom. The molecule has 0 saturated heterocycles. The predicted octanol–water partition coefficient (Wildman–Crippen LogP) is 2.12. The number of carbonyl (C=O) groups is 1. The molecule has 1 heterocycles. The molecule has 0 aliphatic heterocycles. The Morgan fingerprint density at radius 2 is 1.91 bits per heavy atom. The molecule has 2 aromatic rings. The first-order valence-corrected chi connectivity index (χ1v) is 6.97. The van der Waals surface area contributed by atoms with E-state index in [0.717, 1.165) is 5.56 Å². The topological polar surface area (TPSA) is 57.5 Å². The van der Waals surface area contributed by atoms with Crippen molar-refractivity contribution >= 4 is 5.97 Å². The number of esters is 1. The normalized spacial score (nSPS) is 10.3. The maximum atomic E-state index is 11.7. The lowest BCUT2D eigenvalue weighted by molar-refractivity contribution is -0.147. The van der Waals surface area contributed by atoms with Gasteiger partial charge in [-0.1, -0.05) is 6.07 Å². The molecule has 0 atom stereocenters. The predicted molar refractivity (Wildman–Crippen MR) is 82.9 cm³/mol. The van der Waals surface area contributed by atoms with Gasteiger partial charge in [-0.2, -0.15) is 0 Å². The van der Waals surface area contributed by atoms with E-state index in [1.165, 1.54) is 16.2 Å². The highest BCUT2D eigenvalue weighted by atomic mass is 16.6. The number of aryl methyl sites for hydroxylation is 3. The third kappa shape index (κ3) is 4.22. The molecule has 0 bridgehead atoms. The van der Waals surface area contributed by atoms with E-state index in [1.807, 2.05) is 32.0 Å². The molecule has 5 heteroatoms. The first-order chi connectivity index (χ1) is 10.5. The molecule has 0 N–H and O–H groups in total. The molecular formula is C17H19NO4. The summed E-state index contributed by atoms with van der Waals surface area (Å²) < 4.78 is 11.9. The lowest BCUT2D eigenvalue weighted by atomic mass is 10.1. The molecule has 0 fully saturated rings.